The largest absolute Gasteiger partial charge is 0.330 e. The average molecular weight is 281 g/mol. The molecule has 0 saturated heterocycles. The van der Waals surface area contributed by atoms with Gasteiger partial charge in [-0.2, -0.15) is 0 Å². The average Bonchev–Trinajstić information content (AvgIpc) is 2.76. The van der Waals surface area contributed by atoms with Gasteiger partial charge in [0.15, 0.2) is 0 Å². The molecule has 0 bridgehead atoms. The maximum atomic E-state index is 11.7. The van der Waals surface area contributed by atoms with E-state index in [9.17, 15) is 13.2 Å². The molecule has 102 valence electrons. The first-order valence-corrected chi connectivity index (χ1v) is 7.33. The highest BCUT2D eigenvalue weighted by molar-refractivity contribution is 7.93. The van der Waals surface area contributed by atoms with Gasteiger partial charge in [0.2, 0.25) is 10.0 Å². The third-order valence-electron chi connectivity index (χ3n) is 2.68. The highest BCUT2D eigenvalue weighted by atomic mass is 32.2. The molecule has 0 radical (unpaired) electrons. The van der Waals surface area contributed by atoms with Gasteiger partial charge in [0.1, 0.15) is 0 Å². The van der Waals surface area contributed by atoms with Crippen LogP contribution in [0.3, 0.4) is 0 Å². The molecule has 0 saturated carbocycles. The summed E-state index contributed by atoms with van der Waals surface area (Å²) in [6.07, 6.45) is 3.15. The van der Waals surface area contributed by atoms with E-state index in [1.165, 1.54) is 10.8 Å². The van der Waals surface area contributed by atoms with Gasteiger partial charge in [-0.3, -0.25) is 9.29 Å². The van der Waals surface area contributed by atoms with Crippen molar-refractivity contribution < 1.29 is 8.42 Å². The summed E-state index contributed by atoms with van der Waals surface area (Å²) < 4.78 is 27.3. The molecule has 0 aliphatic carbocycles. The van der Waals surface area contributed by atoms with Crippen molar-refractivity contribution in [2.45, 2.75) is 19.1 Å². The summed E-state index contributed by atoms with van der Waals surface area (Å²) in [6, 6.07) is 6.59. The number of sulfonamides is 1. The molecule has 19 heavy (non-hydrogen) atoms. The van der Waals surface area contributed by atoms with E-state index in [-0.39, 0.29) is 5.69 Å². The second kappa shape index (κ2) is 4.93. The monoisotopic (exact) mass is 281 g/mol. The summed E-state index contributed by atoms with van der Waals surface area (Å²) in [5.41, 5.74) is 0.898. The fraction of sp³-hybridized carbons (Fsp3) is 0.250. The van der Waals surface area contributed by atoms with Crippen LogP contribution in [0.1, 0.15) is 13.8 Å². The summed E-state index contributed by atoms with van der Waals surface area (Å²) in [6.45, 7) is 3.21. The van der Waals surface area contributed by atoms with E-state index < -0.39 is 15.3 Å². The van der Waals surface area contributed by atoms with Crippen LogP contribution in [0.15, 0.2) is 41.5 Å². The van der Waals surface area contributed by atoms with E-state index in [0.717, 1.165) is 0 Å². The number of hydrogen-bond acceptors (Lipinski definition) is 3. The van der Waals surface area contributed by atoms with Gasteiger partial charge in [-0.15, -0.1) is 0 Å². The number of hydrogen-bond donors (Lipinski definition) is 2. The van der Waals surface area contributed by atoms with Crippen LogP contribution in [-0.2, 0) is 10.0 Å². The van der Waals surface area contributed by atoms with Crippen molar-refractivity contribution in [3.63, 3.8) is 0 Å². The number of H-pyrrole nitrogens is 1. The van der Waals surface area contributed by atoms with Crippen LogP contribution < -0.4 is 10.4 Å². The van der Waals surface area contributed by atoms with Crippen molar-refractivity contribution in [2.24, 2.45) is 0 Å². The Morgan fingerprint density at radius 1 is 1.21 bits per heavy atom. The van der Waals surface area contributed by atoms with Crippen LogP contribution in [0, 0.1) is 0 Å². The molecule has 2 aromatic rings. The molecule has 2 rings (SSSR count). The van der Waals surface area contributed by atoms with Gasteiger partial charge in [0, 0.05) is 18.1 Å². The van der Waals surface area contributed by atoms with Crippen molar-refractivity contribution in [3.8, 4) is 5.69 Å². The zero-order valence-corrected chi connectivity index (χ0v) is 11.4. The van der Waals surface area contributed by atoms with Gasteiger partial charge >= 0.3 is 5.69 Å². The maximum absolute atomic E-state index is 11.7. The molecule has 0 aliphatic rings. The number of anilines is 1. The first-order valence-electron chi connectivity index (χ1n) is 5.78. The molecular formula is C12H15N3O3S. The predicted molar refractivity (Wildman–Crippen MR) is 74.1 cm³/mol. The summed E-state index contributed by atoms with van der Waals surface area (Å²) in [5, 5.41) is -0.500. The van der Waals surface area contributed by atoms with Gasteiger partial charge in [-0.1, -0.05) is 0 Å². The Bertz CT molecular complexity index is 711. The Morgan fingerprint density at radius 3 is 2.32 bits per heavy atom. The minimum absolute atomic E-state index is 0.240. The van der Waals surface area contributed by atoms with Crippen LogP contribution in [0.4, 0.5) is 5.69 Å². The van der Waals surface area contributed by atoms with Gasteiger partial charge in [0.25, 0.3) is 0 Å². The minimum atomic E-state index is -3.35. The molecule has 2 N–H and O–H groups in total. The summed E-state index contributed by atoms with van der Waals surface area (Å²) in [7, 11) is -3.35. The molecule has 0 fully saturated rings. The van der Waals surface area contributed by atoms with Crippen LogP contribution >= 0.6 is 0 Å². The Morgan fingerprint density at radius 2 is 1.84 bits per heavy atom. The van der Waals surface area contributed by atoms with Gasteiger partial charge in [0.05, 0.1) is 10.9 Å². The first kappa shape index (κ1) is 13.4. The third-order valence-corrected chi connectivity index (χ3v) is 4.44. The van der Waals surface area contributed by atoms with Crippen molar-refractivity contribution in [2.75, 3.05) is 4.72 Å². The van der Waals surface area contributed by atoms with Crippen molar-refractivity contribution in [1.29, 1.82) is 0 Å². The highest BCUT2D eigenvalue weighted by Gasteiger charge is 2.15. The van der Waals surface area contributed by atoms with E-state index in [2.05, 4.69) is 9.71 Å². The number of nitrogens with zero attached hydrogens (tertiary/aromatic N) is 1. The zero-order chi connectivity index (χ0) is 14.0. The van der Waals surface area contributed by atoms with E-state index in [1.807, 2.05) is 0 Å². The SMILES string of the molecule is CC(C)S(=O)(=O)Nc1ccc(-n2cc[nH]c2=O)cc1. The number of aromatic amines is 1. The molecule has 1 heterocycles. The third kappa shape index (κ3) is 2.87. The smallest absolute Gasteiger partial charge is 0.312 e. The molecule has 0 spiro atoms. The fourth-order valence-electron chi connectivity index (χ4n) is 1.50. The standard InChI is InChI=1S/C12H15N3O3S/c1-9(2)19(17,18)14-10-3-5-11(6-4-10)15-8-7-13-12(15)16/h3-9,14H,1-2H3,(H,13,16). The topological polar surface area (TPSA) is 84.0 Å². The summed E-state index contributed by atoms with van der Waals surface area (Å²) in [4.78, 5) is 13.9. The van der Waals surface area contributed by atoms with Crippen LogP contribution in [0.25, 0.3) is 5.69 Å². The van der Waals surface area contributed by atoms with Crippen molar-refractivity contribution in [3.05, 3.63) is 47.1 Å². The van der Waals surface area contributed by atoms with E-state index in [1.54, 1.807) is 44.3 Å². The number of imidazole rings is 1. The fourth-order valence-corrected chi connectivity index (χ4v) is 2.20. The van der Waals surface area contributed by atoms with E-state index >= 15 is 0 Å². The maximum Gasteiger partial charge on any atom is 0.330 e. The Hall–Kier alpha value is -2.02. The van der Waals surface area contributed by atoms with Gasteiger partial charge in [-0.25, -0.2) is 13.2 Å². The number of aromatic nitrogens is 2. The molecule has 1 aromatic carbocycles. The Labute approximate surface area is 111 Å². The lowest BCUT2D eigenvalue weighted by molar-refractivity contribution is 0.593. The molecule has 0 unspecified atom stereocenters. The van der Waals surface area contributed by atoms with E-state index in [4.69, 9.17) is 0 Å². The molecule has 0 aliphatic heterocycles. The van der Waals surface area contributed by atoms with Gasteiger partial charge in [-0.05, 0) is 38.1 Å². The molecule has 1 aromatic heterocycles. The lowest BCUT2D eigenvalue weighted by Crippen LogP contribution is -2.22. The summed E-state index contributed by atoms with van der Waals surface area (Å²) in [5.74, 6) is 0. The van der Waals surface area contributed by atoms with Crippen molar-refractivity contribution in [1.82, 2.24) is 9.55 Å². The summed E-state index contributed by atoms with van der Waals surface area (Å²) >= 11 is 0. The quantitative estimate of drug-likeness (QED) is 0.886. The number of rotatable bonds is 4. The van der Waals surface area contributed by atoms with Crippen molar-refractivity contribution >= 4 is 15.7 Å². The second-order valence-electron chi connectivity index (χ2n) is 4.38. The Kier molecular flexibility index (Phi) is 3.48. The minimum Gasteiger partial charge on any atom is -0.312 e. The lowest BCUT2D eigenvalue weighted by atomic mass is 10.3. The highest BCUT2D eigenvalue weighted by Crippen LogP contribution is 2.14. The molecule has 0 amide bonds. The van der Waals surface area contributed by atoms with Crippen LogP contribution in [0.2, 0.25) is 0 Å². The predicted octanol–water partition coefficient (Wildman–Crippen LogP) is 1.32. The van der Waals surface area contributed by atoms with Crippen LogP contribution in [0.5, 0.6) is 0 Å². The lowest BCUT2D eigenvalue weighted by Gasteiger charge is -2.11. The zero-order valence-electron chi connectivity index (χ0n) is 10.6. The van der Waals surface area contributed by atoms with Crippen LogP contribution in [-0.4, -0.2) is 23.2 Å². The number of nitrogens with one attached hydrogen (secondary N) is 2. The second-order valence-corrected chi connectivity index (χ2v) is 6.61. The first-order chi connectivity index (χ1) is 8.90. The molecule has 7 heteroatoms. The molecule has 0 atom stereocenters. The Balaban J connectivity index is 2.25. The van der Waals surface area contributed by atoms with E-state index in [0.29, 0.717) is 11.4 Å². The van der Waals surface area contributed by atoms with Gasteiger partial charge < -0.3 is 4.98 Å². The number of benzene rings is 1. The normalized spacial score (nSPS) is 11.7. The molecular weight excluding hydrogens is 266 g/mol. The molecule has 6 nitrogen and oxygen atoms in total.